The first-order valence-corrected chi connectivity index (χ1v) is 10.9. The second kappa shape index (κ2) is 9.28. The number of aryl methyl sites for hydroxylation is 2. The van der Waals surface area contributed by atoms with Gasteiger partial charge in [-0.1, -0.05) is 30.7 Å². The Kier molecular flexibility index (Phi) is 6.27. The molecule has 1 N–H and O–H groups in total. The van der Waals surface area contributed by atoms with Gasteiger partial charge in [-0.15, -0.1) is 0 Å². The molecule has 4 rings (SSSR count). The third-order valence-corrected chi connectivity index (χ3v) is 5.67. The molecule has 0 bridgehead atoms. The van der Waals surface area contributed by atoms with E-state index in [9.17, 15) is 14.7 Å². The van der Waals surface area contributed by atoms with Crippen molar-refractivity contribution in [3.63, 3.8) is 0 Å². The lowest BCUT2D eigenvalue weighted by Crippen LogP contribution is -2.29. The van der Waals surface area contributed by atoms with Gasteiger partial charge in [-0.3, -0.25) is 19.5 Å². The normalized spacial score (nSPS) is 17.4. The Bertz CT molecular complexity index is 1220. The minimum Gasteiger partial charge on any atom is -0.507 e. The molecule has 2 heterocycles. The maximum atomic E-state index is 13.2. The van der Waals surface area contributed by atoms with E-state index in [1.807, 2.05) is 32.9 Å². The van der Waals surface area contributed by atoms with Crippen LogP contribution in [0.15, 0.2) is 72.6 Å². The molecule has 1 amide bonds. The zero-order chi connectivity index (χ0) is 23.5. The summed E-state index contributed by atoms with van der Waals surface area (Å²) in [6.07, 6.45) is 4.12. The highest BCUT2D eigenvalue weighted by Crippen LogP contribution is 2.42. The Morgan fingerprint density at radius 2 is 1.85 bits per heavy atom. The molecule has 33 heavy (non-hydrogen) atoms. The van der Waals surface area contributed by atoms with Gasteiger partial charge in [-0.25, -0.2) is 0 Å². The van der Waals surface area contributed by atoms with E-state index in [2.05, 4.69) is 4.98 Å². The number of rotatable bonds is 6. The summed E-state index contributed by atoms with van der Waals surface area (Å²) in [5.74, 6) is -0.918. The lowest BCUT2D eigenvalue weighted by Gasteiger charge is -2.25. The van der Waals surface area contributed by atoms with Gasteiger partial charge in [0.1, 0.15) is 11.5 Å². The van der Waals surface area contributed by atoms with Crippen molar-refractivity contribution >= 4 is 23.1 Å². The van der Waals surface area contributed by atoms with Crippen molar-refractivity contribution < 1.29 is 19.4 Å². The van der Waals surface area contributed by atoms with Crippen LogP contribution in [0.5, 0.6) is 5.75 Å². The van der Waals surface area contributed by atoms with Gasteiger partial charge in [0, 0.05) is 23.6 Å². The quantitative estimate of drug-likeness (QED) is 0.326. The minimum absolute atomic E-state index is 0.0372. The summed E-state index contributed by atoms with van der Waals surface area (Å²) in [4.78, 5) is 31.9. The lowest BCUT2D eigenvalue weighted by molar-refractivity contribution is -0.132. The zero-order valence-corrected chi connectivity index (χ0v) is 18.9. The number of pyridine rings is 1. The fourth-order valence-corrected chi connectivity index (χ4v) is 3.98. The number of ether oxygens (including phenoxy) is 1. The van der Waals surface area contributed by atoms with Crippen molar-refractivity contribution in [2.75, 3.05) is 11.5 Å². The van der Waals surface area contributed by atoms with Crippen LogP contribution < -0.4 is 9.64 Å². The Morgan fingerprint density at radius 3 is 2.48 bits per heavy atom. The lowest BCUT2D eigenvalue weighted by atomic mass is 9.95. The molecule has 1 aliphatic heterocycles. The zero-order valence-electron chi connectivity index (χ0n) is 18.9. The predicted octanol–water partition coefficient (Wildman–Crippen LogP) is 5.11. The van der Waals surface area contributed by atoms with Crippen LogP contribution in [0, 0.1) is 13.8 Å². The van der Waals surface area contributed by atoms with E-state index in [-0.39, 0.29) is 11.3 Å². The molecule has 6 heteroatoms. The van der Waals surface area contributed by atoms with Gasteiger partial charge in [0.15, 0.2) is 0 Å². The van der Waals surface area contributed by atoms with Crippen molar-refractivity contribution in [2.45, 2.75) is 33.2 Å². The van der Waals surface area contributed by atoms with E-state index in [1.54, 1.807) is 54.9 Å². The fraction of sp³-hybridized carbons (Fsp3) is 0.222. The molecule has 1 aromatic heterocycles. The van der Waals surface area contributed by atoms with Crippen molar-refractivity contribution in [3.05, 3.63) is 94.8 Å². The van der Waals surface area contributed by atoms with Crippen molar-refractivity contribution in [3.8, 4) is 5.75 Å². The number of Topliss-reactive ketones (excluding diaryl/α,β-unsaturated/α-hetero) is 1. The molecule has 3 aromatic rings. The fourth-order valence-electron chi connectivity index (χ4n) is 3.98. The number of ketones is 1. The number of anilines is 1. The summed E-state index contributed by atoms with van der Waals surface area (Å²) in [7, 11) is 0. The Morgan fingerprint density at radius 1 is 1.09 bits per heavy atom. The van der Waals surface area contributed by atoms with Crippen LogP contribution >= 0.6 is 0 Å². The molecule has 6 nitrogen and oxygen atoms in total. The number of carbonyl (C=O) groups is 2. The molecule has 1 saturated heterocycles. The molecular formula is C27H26N2O4. The van der Waals surface area contributed by atoms with Crippen LogP contribution in [0.3, 0.4) is 0 Å². The summed E-state index contributed by atoms with van der Waals surface area (Å²) in [6.45, 7) is 6.45. The summed E-state index contributed by atoms with van der Waals surface area (Å²) < 4.78 is 5.72. The molecular weight excluding hydrogens is 416 g/mol. The SMILES string of the molecule is CCCOc1ccc(/C(O)=C2/C(=O)C(=O)N(c3ccc(C)cc3)C2c2cccnc2)cc1C. The van der Waals surface area contributed by atoms with Crippen LogP contribution in [-0.2, 0) is 9.59 Å². The largest absolute Gasteiger partial charge is 0.507 e. The summed E-state index contributed by atoms with van der Waals surface area (Å²) in [5.41, 5.74) is 3.57. The van der Waals surface area contributed by atoms with E-state index < -0.39 is 17.7 Å². The second-order valence-electron chi connectivity index (χ2n) is 8.12. The molecule has 1 atom stereocenters. The number of hydrogen-bond donors (Lipinski definition) is 1. The molecule has 168 valence electrons. The Labute approximate surface area is 193 Å². The van der Waals surface area contributed by atoms with Gasteiger partial charge >= 0.3 is 0 Å². The maximum Gasteiger partial charge on any atom is 0.300 e. The molecule has 2 aromatic carbocycles. The number of aromatic nitrogens is 1. The second-order valence-corrected chi connectivity index (χ2v) is 8.12. The van der Waals surface area contributed by atoms with Crippen molar-refractivity contribution in [1.82, 2.24) is 4.98 Å². The smallest absolute Gasteiger partial charge is 0.300 e. The Hall–Kier alpha value is -3.93. The monoisotopic (exact) mass is 442 g/mol. The maximum absolute atomic E-state index is 13.2. The number of hydrogen-bond acceptors (Lipinski definition) is 5. The van der Waals surface area contributed by atoms with E-state index >= 15 is 0 Å². The topological polar surface area (TPSA) is 79.7 Å². The minimum atomic E-state index is -0.794. The van der Waals surface area contributed by atoms with Crippen LogP contribution in [0.4, 0.5) is 5.69 Å². The third kappa shape index (κ3) is 4.24. The van der Waals surface area contributed by atoms with E-state index in [1.165, 1.54) is 4.90 Å². The van der Waals surface area contributed by atoms with Gasteiger partial charge in [0.25, 0.3) is 11.7 Å². The molecule has 0 spiro atoms. The number of benzene rings is 2. The van der Waals surface area contributed by atoms with Gasteiger partial charge in [0.2, 0.25) is 0 Å². The van der Waals surface area contributed by atoms with Crippen molar-refractivity contribution in [1.29, 1.82) is 0 Å². The first-order valence-electron chi connectivity index (χ1n) is 10.9. The molecule has 0 radical (unpaired) electrons. The molecule has 1 aliphatic rings. The molecule has 0 aliphatic carbocycles. The first kappa shape index (κ1) is 22.3. The van der Waals surface area contributed by atoms with Crippen LogP contribution in [0.1, 0.15) is 41.6 Å². The van der Waals surface area contributed by atoms with E-state index in [0.29, 0.717) is 23.4 Å². The van der Waals surface area contributed by atoms with Crippen molar-refractivity contribution in [2.24, 2.45) is 0 Å². The predicted molar refractivity (Wildman–Crippen MR) is 127 cm³/mol. The average molecular weight is 443 g/mol. The standard InChI is InChI=1S/C27H26N2O4/c1-4-14-33-22-12-9-19(15-18(22)3)25(30)23-24(20-6-5-13-28-16-20)29(27(32)26(23)31)21-10-7-17(2)8-11-21/h5-13,15-16,24,30H,4,14H2,1-3H3/b25-23-. The van der Waals surface area contributed by atoms with E-state index in [4.69, 9.17) is 4.74 Å². The summed E-state index contributed by atoms with van der Waals surface area (Å²) in [5, 5.41) is 11.3. The Balaban J connectivity index is 1.85. The highest BCUT2D eigenvalue weighted by atomic mass is 16.5. The highest BCUT2D eigenvalue weighted by Gasteiger charge is 2.47. The van der Waals surface area contributed by atoms with Gasteiger partial charge < -0.3 is 9.84 Å². The molecule has 0 saturated carbocycles. The highest BCUT2D eigenvalue weighted by molar-refractivity contribution is 6.51. The first-order chi connectivity index (χ1) is 15.9. The number of nitrogens with zero attached hydrogens (tertiary/aromatic N) is 2. The van der Waals surface area contributed by atoms with E-state index in [0.717, 1.165) is 23.3 Å². The summed E-state index contributed by atoms with van der Waals surface area (Å²) in [6, 6.07) is 15.3. The van der Waals surface area contributed by atoms with Crippen LogP contribution in [-0.4, -0.2) is 28.4 Å². The van der Waals surface area contributed by atoms with Gasteiger partial charge in [-0.05, 0) is 67.8 Å². The number of carbonyl (C=O) groups excluding carboxylic acids is 2. The van der Waals surface area contributed by atoms with Crippen LogP contribution in [0.25, 0.3) is 5.76 Å². The summed E-state index contributed by atoms with van der Waals surface area (Å²) >= 11 is 0. The third-order valence-electron chi connectivity index (χ3n) is 5.67. The van der Waals surface area contributed by atoms with Crippen LogP contribution in [0.2, 0.25) is 0 Å². The number of aliphatic hydroxyl groups excluding tert-OH is 1. The molecule has 1 fully saturated rings. The van der Waals surface area contributed by atoms with Gasteiger partial charge in [-0.2, -0.15) is 0 Å². The number of amides is 1. The van der Waals surface area contributed by atoms with Gasteiger partial charge in [0.05, 0.1) is 18.2 Å². The molecule has 1 unspecified atom stereocenters. The number of aliphatic hydroxyl groups is 1. The average Bonchev–Trinajstić information content (AvgIpc) is 3.09.